The Morgan fingerprint density at radius 2 is 1.88 bits per heavy atom. The summed E-state index contributed by atoms with van der Waals surface area (Å²) in [6.07, 6.45) is 6.62. The number of aryl methyl sites for hydroxylation is 1. The van der Waals surface area contributed by atoms with Crippen LogP contribution < -0.4 is 16.0 Å². The van der Waals surface area contributed by atoms with Gasteiger partial charge in [-0.25, -0.2) is 4.79 Å². The highest BCUT2D eigenvalue weighted by molar-refractivity contribution is 5.94. The number of rotatable bonds is 6. The Morgan fingerprint density at radius 1 is 1.15 bits per heavy atom. The number of nitrogens with zero attached hydrogens (tertiary/aromatic N) is 2. The van der Waals surface area contributed by atoms with Crippen molar-refractivity contribution in [1.29, 1.82) is 0 Å². The molecule has 1 aromatic carbocycles. The second kappa shape index (κ2) is 8.51. The van der Waals surface area contributed by atoms with Gasteiger partial charge in [-0.1, -0.05) is 18.9 Å². The molecule has 7 heteroatoms. The lowest BCUT2D eigenvalue weighted by atomic mass is 10.1. The lowest BCUT2D eigenvalue weighted by molar-refractivity contribution is -0.119. The lowest BCUT2D eigenvalue weighted by Crippen LogP contribution is -2.30. The molecule has 1 heterocycles. The first-order valence-corrected chi connectivity index (χ1v) is 9.04. The van der Waals surface area contributed by atoms with Crippen LogP contribution in [0.5, 0.6) is 0 Å². The molecule has 7 nitrogen and oxygen atoms in total. The molecule has 0 aliphatic heterocycles. The molecule has 0 saturated heterocycles. The molecule has 0 spiro atoms. The van der Waals surface area contributed by atoms with Crippen molar-refractivity contribution >= 4 is 23.3 Å². The van der Waals surface area contributed by atoms with Gasteiger partial charge in [-0.2, -0.15) is 5.10 Å². The van der Waals surface area contributed by atoms with Gasteiger partial charge in [0.05, 0.1) is 0 Å². The number of amides is 3. The van der Waals surface area contributed by atoms with Crippen LogP contribution in [-0.2, 0) is 18.3 Å². The highest BCUT2D eigenvalue weighted by atomic mass is 16.2. The van der Waals surface area contributed by atoms with Crippen LogP contribution in [0.4, 0.5) is 16.2 Å². The molecule has 0 atom stereocenters. The largest absolute Gasteiger partial charge is 0.337 e. The third-order valence-electron chi connectivity index (χ3n) is 4.70. The minimum absolute atomic E-state index is 0.0697. The maximum Gasteiger partial charge on any atom is 0.319 e. The molecule has 1 aliphatic rings. The molecule has 3 rings (SSSR count). The van der Waals surface area contributed by atoms with Crippen LogP contribution in [0.1, 0.15) is 31.4 Å². The van der Waals surface area contributed by atoms with Gasteiger partial charge in [-0.15, -0.1) is 0 Å². The molecule has 0 radical (unpaired) electrons. The van der Waals surface area contributed by atoms with E-state index < -0.39 is 0 Å². The Hall–Kier alpha value is -2.83. The third-order valence-corrected chi connectivity index (χ3v) is 4.70. The van der Waals surface area contributed by atoms with Crippen molar-refractivity contribution in [3.63, 3.8) is 0 Å². The number of hydrogen-bond donors (Lipinski definition) is 3. The van der Waals surface area contributed by atoms with E-state index in [4.69, 9.17) is 0 Å². The molecular formula is C19H25N5O2. The van der Waals surface area contributed by atoms with Crippen molar-refractivity contribution in [3.05, 3.63) is 42.2 Å². The van der Waals surface area contributed by atoms with Crippen molar-refractivity contribution in [1.82, 2.24) is 15.1 Å². The summed E-state index contributed by atoms with van der Waals surface area (Å²) in [5.74, 6) is 0.183. The van der Waals surface area contributed by atoms with Crippen LogP contribution in [0.15, 0.2) is 36.5 Å². The Balaban J connectivity index is 1.47. The van der Waals surface area contributed by atoms with Crippen LogP contribution in [0, 0.1) is 5.92 Å². The van der Waals surface area contributed by atoms with Gasteiger partial charge in [-0.05, 0) is 37.1 Å². The zero-order valence-electron chi connectivity index (χ0n) is 15.0. The standard InChI is InChI=1S/C19H25N5O2/c1-24-17(10-12-21-24)9-11-20-19(26)23-16-8-4-7-15(13-16)22-18(25)14-5-2-3-6-14/h4,7-8,10,12-14H,2-3,5-6,9,11H2,1H3,(H,22,25)(H2,20,23,26). The molecule has 3 amide bonds. The third kappa shape index (κ3) is 4.84. The van der Waals surface area contributed by atoms with Gasteiger partial charge >= 0.3 is 6.03 Å². The van der Waals surface area contributed by atoms with E-state index in [1.807, 2.05) is 25.2 Å². The quantitative estimate of drug-likeness (QED) is 0.744. The topological polar surface area (TPSA) is 88.1 Å². The molecule has 0 unspecified atom stereocenters. The maximum absolute atomic E-state index is 12.2. The average Bonchev–Trinajstić information content (AvgIpc) is 3.27. The molecule has 138 valence electrons. The predicted octanol–water partition coefficient (Wildman–Crippen LogP) is 2.91. The monoisotopic (exact) mass is 355 g/mol. The fourth-order valence-electron chi connectivity index (χ4n) is 3.23. The Kier molecular flexibility index (Phi) is 5.88. The van der Waals surface area contributed by atoms with E-state index in [-0.39, 0.29) is 17.9 Å². The minimum atomic E-state index is -0.272. The first-order valence-electron chi connectivity index (χ1n) is 9.04. The highest BCUT2D eigenvalue weighted by Gasteiger charge is 2.22. The molecule has 2 aromatic rings. The smallest absolute Gasteiger partial charge is 0.319 e. The first kappa shape index (κ1) is 18.0. The van der Waals surface area contributed by atoms with Crippen LogP contribution in [0.2, 0.25) is 0 Å². The summed E-state index contributed by atoms with van der Waals surface area (Å²) >= 11 is 0. The zero-order valence-corrected chi connectivity index (χ0v) is 15.0. The Morgan fingerprint density at radius 3 is 2.58 bits per heavy atom. The summed E-state index contributed by atoms with van der Waals surface area (Å²) in [5.41, 5.74) is 2.41. The molecular weight excluding hydrogens is 330 g/mol. The number of benzene rings is 1. The number of carbonyl (C=O) groups excluding carboxylic acids is 2. The van der Waals surface area contributed by atoms with Gasteiger partial charge in [0.2, 0.25) is 5.91 Å². The van der Waals surface area contributed by atoms with E-state index in [1.54, 1.807) is 23.0 Å². The number of carbonyl (C=O) groups is 2. The Bertz CT molecular complexity index is 765. The SMILES string of the molecule is Cn1nccc1CCNC(=O)Nc1cccc(NC(=O)C2CCCC2)c1. The van der Waals surface area contributed by atoms with E-state index in [0.717, 1.165) is 31.4 Å². The minimum Gasteiger partial charge on any atom is -0.337 e. The van der Waals surface area contributed by atoms with Crippen LogP contribution in [0.3, 0.4) is 0 Å². The number of aromatic nitrogens is 2. The van der Waals surface area contributed by atoms with Crippen molar-refractivity contribution < 1.29 is 9.59 Å². The molecule has 1 aromatic heterocycles. The van der Waals surface area contributed by atoms with E-state index >= 15 is 0 Å². The van der Waals surface area contributed by atoms with E-state index in [2.05, 4.69) is 21.0 Å². The lowest BCUT2D eigenvalue weighted by Gasteiger charge is -2.12. The number of hydrogen-bond acceptors (Lipinski definition) is 3. The van der Waals surface area contributed by atoms with E-state index in [1.165, 1.54) is 0 Å². The van der Waals surface area contributed by atoms with Crippen LogP contribution in [0.25, 0.3) is 0 Å². The maximum atomic E-state index is 12.2. The Labute approximate surface area is 153 Å². The average molecular weight is 355 g/mol. The number of anilines is 2. The van der Waals surface area contributed by atoms with Gasteiger partial charge in [0.1, 0.15) is 0 Å². The molecule has 0 bridgehead atoms. The fourth-order valence-corrected chi connectivity index (χ4v) is 3.23. The van der Waals surface area contributed by atoms with E-state index in [0.29, 0.717) is 24.3 Å². The summed E-state index contributed by atoms with van der Waals surface area (Å²) in [6, 6.07) is 8.87. The molecule has 3 N–H and O–H groups in total. The summed E-state index contributed by atoms with van der Waals surface area (Å²) < 4.78 is 1.79. The molecule has 1 saturated carbocycles. The summed E-state index contributed by atoms with van der Waals surface area (Å²) in [5, 5.41) is 12.7. The normalized spacial score (nSPS) is 14.2. The van der Waals surface area contributed by atoms with Gasteiger partial charge in [0.15, 0.2) is 0 Å². The highest BCUT2D eigenvalue weighted by Crippen LogP contribution is 2.26. The van der Waals surface area contributed by atoms with Crippen LogP contribution >= 0.6 is 0 Å². The van der Waals surface area contributed by atoms with Crippen molar-refractivity contribution in [3.8, 4) is 0 Å². The molecule has 26 heavy (non-hydrogen) atoms. The van der Waals surface area contributed by atoms with Crippen LogP contribution in [-0.4, -0.2) is 28.3 Å². The first-order chi connectivity index (χ1) is 12.6. The molecule has 1 aliphatic carbocycles. The molecule has 1 fully saturated rings. The van der Waals surface area contributed by atoms with Gasteiger partial charge < -0.3 is 16.0 Å². The van der Waals surface area contributed by atoms with Crippen molar-refractivity contribution in [2.45, 2.75) is 32.1 Å². The van der Waals surface area contributed by atoms with Gasteiger partial charge in [-0.3, -0.25) is 9.48 Å². The van der Waals surface area contributed by atoms with Crippen molar-refractivity contribution in [2.75, 3.05) is 17.2 Å². The zero-order chi connectivity index (χ0) is 18.4. The second-order valence-electron chi connectivity index (χ2n) is 6.63. The van der Waals surface area contributed by atoms with E-state index in [9.17, 15) is 9.59 Å². The number of urea groups is 1. The second-order valence-corrected chi connectivity index (χ2v) is 6.63. The fraction of sp³-hybridized carbons (Fsp3) is 0.421. The van der Waals surface area contributed by atoms with Gasteiger partial charge in [0.25, 0.3) is 0 Å². The van der Waals surface area contributed by atoms with Gasteiger partial charge in [0, 0.05) is 49.2 Å². The summed E-state index contributed by atoms with van der Waals surface area (Å²) in [7, 11) is 1.88. The summed E-state index contributed by atoms with van der Waals surface area (Å²) in [6.45, 7) is 0.517. The summed E-state index contributed by atoms with van der Waals surface area (Å²) in [4.78, 5) is 24.2. The number of nitrogens with one attached hydrogen (secondary N) is 3. The van der Waals surface area contributed by atoms with Crippen molar-refractivity contribution in [2.24, 2.45) is 13.0 Å². The predicted molar refractivity (Wildman–Crippen MR) is 101 cm³/mol.